The molecule has 9 aromatic carbocycles. The van der Waals surface area contributed by atoms with E-state index >= 15 is 0 Å². The van der Waals surface area contributed by atoms with Gasteiger partial charge in [-0.15, -0.1) is 0 Å². The highest BCUT2D eigenvalue weighted by atomic mass is 16.3. The summed E-state index contributed by atoms with van der Waals surface area (Å²) < 4.78 is 6.87. The first-order valence-electron chi connectivity index (χ1n) is 16.2. The third-order valence-corrected chi connectivity index (χ3v) is 9.81. The van der Waals surface area contributed by atoms with Crippen LogP contribution in [0, 0.1) is 0 Å². The largest absolute Gasteiger partial charge is 0.455 e. The van der Waals surface area contributed by atoms with Crippen LogP contribution in [0.1, 0.15) is 0 Å². The van der Waals surface area contributed by atoms with E-state index in [2.05, 4.69) is 170 Å². The van der Waals surface area contributed by atoms with Crippen molar-refractivity contribution in [3.05, 3.63) is 170 Å². The Morgan fingerprint density at radius 2 is 0.809 bits per heavy atom. The lowest BCUT2D eigenvalue weighted by molar-refractivity contribution is 0.670. The van der Waals surface area contributed by atoms with Crippen LogP contribution in [0.4, 0.5) is 0 Å². The van der Waals surface area contributed by atoms with Gasteiger partial charge in [-0.05, 0) is 95.2 Å². The first-order chi connectivity index (χ1) is 23.3. The summed E-state index contributed by atoms with van der Waals surface area (Å²) in [6.07, 6.45) is 0. The summed E-state index contributed by atoms with van der Waals surface area (Å²) in [6.45, 7) is 0. The lowest BCUT2D eigenvalue weighted by atomic mass is 9.85. The molecule has 218 valence electrons. The maximum atomic E-state index is 6.87. The number of hydrogen-bond acceptors (Lipinski definition) is 1. The maximum Gasteiger partial charge on any atom is 0.143 e. The first-order valence-corrected chi connectivity index (χ1v) is 16.2. The van der Waals surface area contributed by atoms with Gasteiger partial charge in [0.2, 0.25) is 0 Å². The minimum Gasteiger partial charge on any atom is -0.455 e. The average Bonchev–Trinajstić information content (AvgIpc) is 3.50. The second-order valence-corrected chi connectivity index (χ2v) is 12.4. The van der Waals surface area contributed by atoms with Crippen molar-refractivity contribution in [3.8, 4) is 33.4 Å². The molecule has 0 atom stereocenters. The summed E-state index contributed by atoms with van der Waals surface area (Å²) in [6, 6.07) is 61.4. The first kappa shape index (κ1) is 26.1. The molecule has 0 aliphatic carbocycles. The standard InChI is InChI=1S/C46H28O/c1-2-13-30(14-3-1)45-35-17-7-6-16-32(35)27-41-36-25-24-34(28-42(36)47-46(41)45)44-39-20-10-8-18-37(39)43(38-19-9-11-21-40(38)44)33-23-22-29-12-4-5-15-31(29)26-33/h1-28H. The lowest BCUT2D eigenvalue weighted by Crippen LogP contribution is -1.91. The van der Waals surface area contributed by atoms with Crippen molar-refractivity contribution < 1.29 is 4.42 Å². The zero-order chi connectivity index (χ0) is 30.9. The van der Waals surface area contributed by atoms with Gasteiger partial charge in [0.25, 0.3) is 0 Å². The molecule has 0 amide bonds. The molecule has 1 heterocycles. The van der Waals surface area contributed by atoms with Gasteiger partial charge in [-0.25, -0.2) is 0 Å². The number of benzene rings is 9. The van der Waals surface area contributed by atoms with Crippen LogP contribution in [0.2, 0.25) is 0 Å². The van der Waals surface area contributed by atoms with E-state index in [9.17, 15) is 0 Å². The van der Waals surface area contributed by atoms with Gasteiger partial charge in [0.1, 0.15) is 11.2 Å². The Balaban J connectivity index is 1.26. The molecule has 0 bridgehead atoms. The van der Waals surface area contributed by atoms with E-state index in [4.69, 9.17) is 4.42 Å². The Bertz CT molecular complexity index is 2780. The second kappa shape index (κ2) is 10.2. The van der Waals surface area contributed by atoms with E-state index in [1.807, 2.05) is 0 Å². The Labute approximate surface area is 271 Å². The Morgan fingerprint density at radius 1 is 0.277 bits per heavy atom. The molecule has 10 rings (SSSR count). The van der Waals surface area contributed by atoms with Gasteiger partial charge < -0.3 is 4.42 Å². The summed E-state index contributed by atoms with van der Waals surface area (Å²) in [5.74, 6) is 0. The normalized spacial score (nSPS) is 11.8. The van der Waals surface area contributed by atoms with Crippen molar-refractivity contribution in [1.82, 2.24) is 0 Å². The zero-order valence-electron chi connectivity index (χ0n) is 25.6. The van der Waals surface area contributed by atoms with Gasteiger partial charge in [0, 0.05) is 16.3 Å². The summed E-state index contributed by atoms with van der Waals surface area (Å²) in [7, 11) is 0. The monoisotopic (exact) mass is 596 g/mol. The highest BCUT2D eigenvalue weighted by Gasteiger charge is 2.20. The van der Waals surface area contributed by atoms with Crippen molar-refractivity contribution in [2.24, 2.45) is 0 Å². The molecule has 1 heteroatoms. The summed E-state index contributed by atoms with van der Waals surface area (Å²) >= 11 is 0. The highest BCUT2D eigenvalue weighted by Crippen LogP contribution is 2.46. The van der Waals surface area contributed by atoms with Crippen LogP contribution < -0.4 is 0 Å². The highest BCUT2D eigenvalue weighted by molar-refractivity contribution is 6.23. The van der Waals surface area contributed by atoms with Crippen LogP contribution in [0.15, 0.2) is 174 Å². The molecule has 0 radical (unpaired) electrons. The van der Waals surface area contributed by atoms with Crippen LogP contribution in [-0.2, 0) is 0 Å². The number of fused-ring (bicyclic) bond motifs is 7. The third kappa shape index (κ3) is 3.97. The molecule has 0 aliphatic rings. The van der Waals surface area contributed by atoms with E-state index in [1.165, 1.54) is 59.8 Å². The van der Waals surface area contributed by atoms with E-state index in [0.717, 1.165) is 38.6 Å². The quantitative estimate of drug-likeness (QED) is 0.185. The fourth-order valence-electron chi connectivity index (χ4n) is 7.72. The van der Waals surface area contributed by atoms with Crippen molar-refractivity contribution in [3.63, 3.8) is 0 Å². The molecule has 0 spiro atoms. The number of hydrogen-bond donors (Lipinski definition) is 0. The molecule has 47 heavy (non-hydrogen) atoms. The fourth-order valence-corrected chi connectivity index (χ4v) is 7.72. The third-order valence-electron chi connectivity index (χ3n) is 9.81. The molecule has 0 aliphatic heterocycles. The van der Waals surface area contributed by atoms with Crippen molar-refractivity contribution >= 4 is 65.0 Å². The zero-order valence-corrected chi connectivity index (χ0v) is 25.6. The van der Waals surface area contributed by atoms with Crippen molar-refractivity contribution in [1.29, 1.82) is 0 Å². The molecule has 1 nitrogen and oxygen atoms in total. The summed E-state index contributed by atoms with van der Waals surface area (Å²) in [5, 5.41) is 12.2. The Morgan fingerprint density at radius 3 is 1.49 bits per heavy atom. The molecular weight excluding hydrogens is 569 g/mol. The van der Waals surface area contributed by atoms with E-state index in [1.54, 1.807) is 0 Å². The second-order valence-electron chi connectivity index (χ2n) is 12.4. The van der Waals surface area contributed by atoms with Crippen LogP contribution in [-0.4, -0.2) is 0 Å². The van der Waals surface area contributed by atoms with Gasteiger partial charge in [0.05, 0.1) is 0 Å². The van der Waals surface area contributed by atoms with E-state index in [0.29, 0.717) is 0 Å². The molecule has 0 fully saturated rings. The molecule has 10 aromatic rings. The number of furan rings is 1. The minimum atomic E-state index is 0.900. The van der Waals surface area contributed by atoms with Gasteiger partial charge in [-0.2, -0.15) is 0 Å². The van der Waals surface area contributed by atoms with E-state index in [-0.39, 0.29) is 0 Å². The average molecular weight is 597 g/mol. The topological polar surface area (TPSA) is 13.1 Å². The van der Waals surface area contributed by atoms with Crippen molar-refractivity contribution in [2.75, 3.05) is 0 Å². The Kier molecular flexibility index (Phi) is 5.64. The summed E-state index contributed by atoms with van der Waals surface area (Å²) in [4.78, 5) is 0. The molecule has 1 aromatic heterocycles. The SMILES string of the molecule is c1ccc(-c2c3ccccc3cc3c2oc2cc(-c4c5ccccc5c(-c5ccc6ccccc6c5)c5ccccc45)ccc23)cc1. The van der Waals surface area contributed by atoms with Gasteiger partial charge in [0.15, 0.2) is 0 Å². The molecular formula is C46H28O. The number of rotatable bonds is 3. The van der Waals surface area contributed by atoms with Crippen LogP contribution >= 0.6 is 0 Å². The molecule has 0 saturated heterocycles. The smallest absolute Gasteiger partial charge is 0.143 e. The fraction of sp³-hybridized carbons (Fsp3) is 0. The lowest BCUT2D eigenvalue weighted by Gasteiger charge is -2.18. The minimum absolute atomic E-state index is 0.900. The predicted molar refractivity (Wildman–Crippen MR) is 200 cm³/mol. The van der Waals surface area contributed by atoms with Gasteiger partial charge in [-0.1, -0.05) is 146 Å². The van der Waals surface area contributed by atoms with Crippen molar-refractivity contribution in [2.45, 2.75) is 0 Å². The van der Waals surface area contributed by atoms with Crippen LogP contribution in [0.5, 0.6) is 0 Å². The van der Waals surface area contributed by atoms with Crippen LogP contribution in [0.25, 0.3) is 98.4 Å². The van der Waals surface area contributed by atoms with Gasteiger partial charge in [-0.3, -0.25) is 0 Å². The molecule has 0 unspecified atom stereocenters. The maximum absolute atomic E-state index is 6.87. The predicted octanol–water partition coefficient (Wildman–Crippen LogP) is 13.2. The molecule has 0 saturated carbocycles. The van der Waals surface area contributed by atoms with Crippen LogP contribution in [0.3, 0.4) is 0 Å². The van der Waals surface area contributed by atoms with E-state index < -0.39 is 0 Å². The summed E-state index contributed by atoms with van der Waals surface area (Å²) in [5.41, 5.74) is 9.03. The Hall–Kier alpha value is -6.18. The molecule has 0 N–H and O–H groups in total. The van der Waals surface area contributed by atoms with Gasteiger partial charge >= 0.3 is 0 Å².